The molecule has 2 aromatic heterocycles. The molecule has 2 heterocycles. The number of anilines is 1. The quantitative estimate of drug-likeness (QED) is 0.341. The molecule has 0 atom stereocenters. The van der Waals surface area contributed by atoms with E-state index >= 15 is 0 Å². The molecule has 0 spiro atoms. The van der Waals surface area contributed by atoms with Gasteiger partial charge in [0, 0.05) is 5.02 Å². The molecule has 7 heteroatoms. The number of hydrogen-bond acceptors (Lipinski definition) is 4. The zero-order valence-corrected chi connectivity index (χ0v) is 17.3. The van der Waals surface area contributed by atoms with E-state index in [0.717, 1.165) is 19.6 Å². The van der Waals surface area contributed by atoms with Crippen LogP contribution in [-0.2, 0) is 6.54 Å². The first kappa shape index (κ1) is 17.7. The maximum atomic E-state index is 13.2. The van der Waals surface area contributed by atoms with Gasteiger partial charge < -0.3 is 0 Å². The Morgan fingerprint density at radius 1 is 1.08 bits per heavy atom. The molecule has 130 valence electrons. The van der Waals surface area contributed by atoms with Crippen molar-refractivity contribution in [3.05, 3.63) is 79.9 Å². The van der Waals surface area contributed by atoms with Crippen LogP contribution in [0.3, 0.4) is 0 Å². The van der Waals surface area contributed by atoms with Crippen molar-refractivity contribution in [2.24, 2.45) is 0 Å². The van der Waals surface area contributed by atoms with Gasteiger partial charge in [0.25, 0.3) is 5.91 Å². The topological polar surface area (TPSA) is 33.2 Å². The van der Waals surface area contributed by atoms with Crippen LogP contribution in [0, 0.1) is 0 Å². The van der Waals surface area contributed by atoms with Crippen molar-refractivity contribution in [3.8, 4) is 0 Å². The van der Waals surface area contributed by atoms with Crippen LogP contribution < -0.4 is 4.90 Å². The monoisotopic (exact) mass is 462 g/mol. The zero-order valence-electron chi connectivity index (χ0n) is 13.4. The number of hydrogen-bond donors (Lipinski definition) is 0. The van der Waals surface area contributed by atoms with Gasteiger partial charge in [-0.25, -0.2) is 4.98 Å². The van der Waals surface area contributed by atoms with Gasteiger partial charge in [0.1, 0.15) is 0 Å². The van der Waals surface area contributed by atoms with E-state index in [1.165, 1.54) is 22.7 Å². The molecular formula is C19H12BrClN2OS2. The van der Waals surface area contributed by atoms with Gasteiger partial charge >= 0.3 is 0 Å². The summed E-state index contributed by atoms with van der Waals surface area (Å²) in [4.78, 5) is 20.2. The minimum atomic E-state index is -0.0605. The van der Waals surface area contributed by atoms with E-state index in [9.17, 15) is 4.79 Å². The molecule has 1 amide bonds. The number of fused-ring (bicyclic) bond motifs is 1. The highest BCUT2D eigenvalue weighted by molar-refractivity contribution is 9.11. The second-order valence-electron chi connectivity index (χ2n) is 5.59. The predicted octanol–water partition coefficient (Wildman–Crippen LogP) is 6.62. The number of rotatable bonds is 4. The Morgan fingerprint density at radius 3 is 2.62 bits per heavy atom. The zero-order chi connectivity index (χ0) is 18.1. The van der Waals surface area contributed by atoms with Crippen LogP contribution in [0.15, 0.2) is 64.5 Å². The summed E-state index contributed by atoms with van der Waals surface area (Å²) in [5.74, 6) is -0.0605. The molecule has 0 unspecified atom stereocenters. The molecule has 4 rings (SSSR count). The average molecular weight is 464 g/mol. The minimum absolute atomic E-state index is 0.0605. The van der Waals surface area contributed by atoms with Crippen LogP contribution in [0.2, 0.25) is 5.02 Å². The molecule has 0 bridgehead atoms. The van der Waals surface area contributed by atoms with Crippen molar-refractivity contribution >= 4 is 71.5 Å². The van der Waals surface area contributed by atoms with Crippen molar-refractivity contribution in [1.82, 2.24) is 4.98 Å². The molecule has 0 N–H and O–H groups in total. The Hall–Kier alpha value is -1.73. The molecule has 26 heavy (non-hydrogen) atoms. The largest absolute Gasteiger partial charge is 0.279 e. The summed E-state index contributed by atoms with van der Waals surface area (Å²) in [5.41, 5.74) is 1.89. The Bertz CT molecular complexity index is 1080. The van der Waals surface area contributed by atoms with Gasteiger partial charge in [0.2, 0.25) is 0 Å². The minimum Gasteiger partial charge on any atom is -0.279 e. The van der Waals surface area contributed by atoms with E-state index in [0.29, 0.717) is 21.6 Å². The van der Waals surface area contributed by atoms with Crippen LogP contribution in [-0.4, -0.2) is 10.9 Å². The molecule has 0 fully saturated rings. The van der Waals surface area contributed by atoms with Crippen molar-refractivity contribution in [3.63, 3.8) is 0 Å². The molecule has 0 saturated heterocycles. The first-order chi connectivity index (χ1) is 12.6. The molecule has 2 aromatic carbocycles. The molecule has 0 radical (unpaired) electrons. The number of benzene rings is 2. The third kappa shape index (κ3) is 3.69. The number of thiophene rings is 1. The highest BCUT2D eigenvalue weighted by atomic mass is 79.9. The molecule has 0 aliphatic carbocycles. The van der Waals surface area contributed by atoms with Crippen molar-refractivity contribution in [2.75, 3.05) is 4.90 Å². The van der Waals surface area contributed by atoms with E-state index in [-0.39, 0.29) is 5.91 Å². The Labute approximate surface area is 172 Å². The summed E-state index contributed by atoms with van der Waals surface area (Å²) in [5, 5.41) is 1.33. The number of carbonyl (C=O) groups excluding carboxylic acids is 1. The number of halogens is 2. The number of thiazole rings is 1. The smallest absolute Gasteiger partial charge is 0.270 e. The lowest BCUT2D eigenvalue weighted by Gasteiger charge is -2.19. The van der Waals surface area contributed by atoms with Crippen LogP contribution in [0.25, 0.3) is 10.2 Å². The van der Waals surface area contributed by atoms with Gasteiger partial charge in [-0.3, -0.25) is 9.69 Å². The Kier molecular flexibility index (Phi) is 5.09. The van der Waals surface area contributed by atoms with Crippen LogP contribution >= 0.6 is 50.2 Å². The highest BCUT2D eigenvalue weighted by Crippen LogP contribution is 2.33. The molecule has 4 aromatic rings. The highest BCUT2D eigenvalue weighted by Gasteiger charge is 2.23. The maximum absolute atomic E-state index is 13.2. The standard InChI is InChI=1S/C19H12BrClN2OS2/c20-17-9-8-15(25-17)18(24)23(11-12-4-2-1-3-5-12)19-22-14-7-6-13(21)10-16(14)26-19/h1-10H,11H2. The Balaban J connectivity index is 1.76. The second kappa shape index (κ2) is 7.48. The summed E-state index contributed by atoms with van der Waals surface area (Å²) >= 11 is 12.4. The van der Waals surface area contributed by atoms with Gasteiger partial charge in [-0.05, 0) is 51.8 Å². The lowest BCUT2D eigenvalue weighted by atomic mass is 10.2. The number of carbonyl (C=O) groups is 1. The summed E-state index contributed by atoms with van der Waals surface area (Å²) in [6, 6.07) is 19.2. The van der Waals surface area contributed by atoms with Gasteiger partial charge in [-0.1, -0.05) is 53.3 Å². The number of nitrogens with zero attached hydrogens (tertiary/aromatic N) is 2. The van der Waals surface area contributed by atoms with Crippen LogP contribution in [0.4, 0.5) is 5.13 Å². The first-order valence-electron chi connectivity index (χ1n) is 7.77. The molecule has 3 nitrogen and oxygen atoms in total. The van der Waals surface area contributed by atoms with E-state index < -0.39 is 0 Å². The Morgan fingerprint density at radius 2 is 1.88 bits per heavy atom. The fourth-order valence-electron chi connectivity index (χ4n) is 2.56. The normalized spacial score (nSPS) is 11.0. The summed E-state index contributed by atoms with van der Waals surface area (Å²) in [6.45, 7) is 0.461. The molecule has 0 aliphatic heterocycles. The summed E-state index contributed by atoms with van der Waals surface area (Å²) in [6.07, 6.45) is 0. The number of aromatic nitrogens is 1. The molecule has 0 saturated carbocycles. The summed E-state index contributed by atoms with van der Waals surface area (Å²) < 4.78 is 1.89. The van der Waals surface area contributed by atoms with Crippen molar-refractivity contribution < 1.29 is 4.79 Å². The molecular weight excluding hydrogens is 452 g/mol. The average Bonchev–Trinajstić information content (AvgIpc) is 3.25. The van der Waals surface area contributed by atoms with E-state index in [1.807, 2.05) is 60.7 Å². The van der Waals surface area contributed by atoms with Gasteiger partial charge in [-0.15, -0.1) is 11.3 Å². The fourth-order valence-corrected chi connectivity index (χ4v) is 5.13. The van der Waals surface area contributed by atoms with Crippen LogP contribution in [0.1, 0.15) is 15.2 Å². The van der Waals surface area contributed by atoms with E-state index in [1.54, 1.807) is 4.90 Å². The van der Waals surface area contributed by atoms with Gasteiger partial charge in [0.15, 0.2) is 5.13 Å². The lowest BCUT2D eigenvalue weighted by Crippen LogP contribution is -2.29. The predicted molar refractivity (Wildman–Crippen MR) is 114 cm³/mol. The van der Waals surface area contributed by atoms with Crippen molar-refractivity contribution in [1.29, 1.82) is 0 Å². The van der Waals surface area contributed by atoms with Gasteiger partial charge in [0.05, 0.1) is 25.4 Å². The first-order valence-corrected chi connectivity index (χ1v) is 10.6. The second-order valence-corrected chi connectivity index (χ2v) is 9.50. The summed E-state index contributed by atoms with van der Waals surface area (Å²) in [7, 11) is 0. The number of amides is 1. The van der Waals surface area contributed by atoms with Gasteiger partial charge in [-0.2, -0.15) is 0 Å². The van der Waals surface area contributed by atoms with Crippen molar-refractivity contribution in [2.45, 2.75) is 6.54 Å². The maximum Gasteiger partial charge on any atom is 0.270 e. The third-order valence-electron chi connectivity index (χ3n) is 3.78. The fraction of sp³-hybridized carbons (Fsp3) is 0.0526. The van der Waals surface area contributed by atoms with E-state index in [2.05, 4.69) is 20.9 Å². The third-order valence-corrected chi connectivity index (χ3v) is 6.67. The lowest BCUT2D eigenvalue weighted by molar-refractivity contribution is 0.0989. The van der Waals surface area contributed by atoms with E-state index in [4.69, 9.17) is 11.6 Å². The SMILES string of the molecule is O=C(c1ccc(Br)s1)N(Cc1ccccc1)c1nc2ccc(Cl)cc2s1. The molecule has 0 aliphatic rings. The van der Waals surface area contributed by atoms with Crippen LogP contribution in [0.5, 0.6) is 0 Å².